The summed E-state index contributed by atoms with van der Waals surface area (Å²) in [6, 6.07) is 5.09. The van der Waals surface area contributed by atoms with Crippen molar-refractivity contribution in [1.29, 1.82) is 0 Å². The van der Waals surface area contributed by atoms with Gasteiger partial charge in [0, 0.05) is 18.7 Å². The van der Waals surface area contributed by atoms with Crippen molar-refractivity contribution in [3.63, 3.8) is 0 Å². The zero-order valence-electron chi connectivity index (χ0n) is 10.4. The van der Waals surface area contributed by atoms with E-state index in [1.54, 1.807) is 6.07 Å². The lowest BCUT2D eigenvalue weighted by Gasteiger charge is -2.41. The molecule has 0 aliphatic heterocycles. The standard InChI is InChI=1S/C14H21NO2/c1-2-14(7-4-8-14)10-15-9-11-5-3-6-12(16)13(11)17/h3,5-6,15-17H,2,4,7-10H2,1H3. The third kappa shape index (κ3) is 2.55. The topological polar surface area (TPSA) is 52.5 Å². The quantitative estimate of drug-likeness (QED) is 0.688. The van der Waals surface area contributed by atoms with Gasteiger partial charge in [0.25, 0.3) is 0 Å². The zero-order chi connectivity index (χ0) is 12.3. The lowest BCUT2D eigenvalue weighted by Crippen LogP contribution is -2.39. The molecular formula is C14H21NO2. The van der Waals surface area contributed by atoms with Crippen LogP contribution in [0, 0.1) is 5.41 Å². The molecule has 2 rings (SSSR count). The molecule has 0 atom stereocenters. The molecule has 0 spiro atoms. The minimum absolute atomic E-state index is 0.000780. The first-order valence-corrected chi connectivity index (χ1v) is 6.37. The second-order valence-corrected chi connectivity index (χ2v) is 5.10. The molecule has 94 valence electrons. The Morgan fingerprint density at radius 2 is 2.06 bits per heavy atom. The summed E-state index contributed by atoms with van der Waals surface area (Å²) >= 11 is 0. The molecule has 0 amide bonds. The Morgan fingerprint density at radius 1 is 1.29 bits per heavy atom. The monoisotopic (exact) mass is 235 g/mol. The number of hydrogen-bond acceptors (Lipinski definition) is 3. The average Bonchev–Trinajstić information content (AvgIpc) is 2.28. The molecule has 0 saturated heterocycles. The Hall–Kier alpha value is -1.22. The average molecular weight is 235 g/mol. The molecule has 0 heterocycles. The highest BCUT2D eigenvalue weighted by molar-refractivity contribution is 5.44. The van der Waals surface area contributed by atoms with Crippen LogP contribution in [0.15, 0.2) is 18.2 Å². The Labute approximate surface area is 102 Å². The van der Waals surface area contributed by atoms with Gasteiger partial charge >= 0.3 is 0 Å². The Kier molecular flexibility index (Phi) is 3.57. The van der Waals surface area contributed by atoms with Gasteiger partial charge in [-0.2, -0.15) is 0 Å². The van der Waals surface area contributed by atoms with Crippen LogP contribution in [0.3, 0.4) is 0 Å². The summed E-state index contributed by atoms with van der Waals surface area (Å²) in [5.41, 5.74) is 1.24. The van der Waals surface area contributed by atoms with E-state index in [1.165, 1.54) is 31.7 Å². The highest BCUT2D eigenvalue weighted by Crippen LogP contribution is 2.43. The van der Waals surface area contributed by atoms with Gasteiger partial charge in [0.05, 0.1) is 0 Å². The second-order valence-electron chi connectivity index (χ2n) is 5.10. The fraction of sp³-hybridized carbons (Fsp3) is 0.571. The van der Waals surface area contributed by atoms with Crippen LogP contribution in [0.1, 0.15) is 38.2 Å². The minimum atomic E-state index is -0.0434. The number of benzene rings is 1. The van der Waals surface area contributed by atoms with Gasteiger partial charge in [0.2, 0.25) is 0 Å². The van der Waals surface area contributed by atoms with E-state index < -0.39 is 0 Å². The summed E-state index contributed by atoms with van der Waals surface area (Å²) in [7, 11) is 0. The number of aromatic hydroxyl groups is 2. The SMILES string of the molecule is CCC1(CNCc2cccc(O)c2O)CCC1. The van der Waals surface area contributed by atoms with Gasteiger partial charge < -0.3 is 15.5 Å². The van der Waals surface area contributed by atoms with Crippen molar-refractivity contribution in [3.8, 4) is 11.5 Å². The van der Waals surface area contributed by atoms with Gasteiger partial charge in [-0.05, 0) is 30.7 Å². The lowest BCUT2D eigenvalue weighted by molar-refractivity contribution is 0.123. The molecule has 3 nitrogen and oxygen atoms in total. The molecule has 1 fully saturated rings. The van der Waals surface area contributed by atoms with E-state index in [9.17, 15) is 10.2 Å². The van der Waals surface area contributed by atoms with Crippen LogP contribution in [0.5, 0.6) is 11.5 Å². The maximum absolute atomic E-state index is 9.67. The molecule has 0 radical (unpaired) electrons. The molecule has 3 N–H and O–H groups in total. The molecular weight excluding hydrogens is 214 g/mol. The van der Waals surface area contributed by atoms with E-state index in [0.717, 1.165) is 12.1 Å². The van der Waals surface area contributed by atoms with Crippen LogP contribution in [0.25, 0.3) is 0 Å². The summed E-state index contributed by atoms with van der Waals surface area (Å²) in [6.07, 6.45) is 5.17. The first-order valence-electron chi connectivity index (χ1n) is 6.37. The third-order valence-corrected chi connectivity index (χ3v) is 4.08. The number of nitrogens with one attached hydrogen (secondary N) is 1. The molecule has 0 aromatic heterocycles. The molecule has 0 unspecified atom stereocenters. The summed E-state index contributed by atoms with van der Waals surface area (Å²) < 4.78 is 0. The van der Waals surface area contributed by atoms with E-state index in [2.05, 4.69) is 12.2 Å². The number of para-hydroxylation sites is 1. The Morgan fingerprint density at radius 3 is 2.65 bits per heavy atom. The van der Waals surface area contributed by atoms with E-state index in [4.69, 9.17) is 0 Å². The zero-order valence-corrected chi connectivity index (χ0v) is 10.4. The van der Waals surface area contributed by atoms with Crippen molar-refractivity contribution in [2.24, 2.45) is 5.41 Å². The van der Waals surface area contributed by atoms with E-state index in [0.29, 0.717) is 12.0 Å². The van der Waals surface area contributed by atoms with Crippen LogP contribution >= 0.6 is 0 Å². The van der Waals surface area contributed by atoms with Crippen molar-refractivity contribution in [1.82, 2.24) is 5.32 Å². The van der Waals surface area contributed by atoms with E-state index in [1.807, 2.05) is 6.07 Å². The fourth-order valence-corrected chi connectivity index (χ4v) is 2.51. The van der Waals surface area contributed by atoms with Crippen molar-refractivity contribution in [3.05, 3.63) is 23.8 Å². The minimum Gasteiger partial charge on any atom is -0.504 e. The van der Waals surface area contributed by atoms with Gasteiger partial charge in [0.15, 0.2) is 11.5 Å². The number of phenolic OH excluding ortho intramolecular Hbond substituents is 2. The van der Waals surface area contributed by atoms with Crippen LogP contribution in [-0.2, 0) is 6.54 Å². The van der Waals surface area contributed by atoms with Gasteiger partial charge in [-0.1, -0.05) is 25.5 Å². The highest BCUT2D eigenvalue weighted by Gasteiger charge is 2.34. The predicted molar refractivity (Wildman–Crippen MR) is 68.1 cm³/mol. The molecule has 3 heteroatoms. The Balaban J connectivity index is 1.88. The largest absolute Gasteiger partial charge is 0.504 e. The van der Waals surface area contributed by atoms with Crippen molar-refractivity contribution < 1.29 is 10.2 Å². The van der Waals surface area contributed by atoms with Crippen LogP contribution in [0.4, 0.5) is 0 Å². The molecule has 1 aromatic rings. The highest BCUT2D eigenvalue weighted by atomic mass is 16.3. The molecule has 1 aliphatic rings. The first-order chi connectivity index (χ1) is 8.17. The van der Waals surface area contributed by atoms with E-state index in [-0.39, 0.29) is 11.5 Å². The summed E-state index contributed by atoms with van der Waals surface area (Å²) in [5, 5.41) is 22.4. The summed E-state index contributed by atoms with van der Waals surface area (Å²) in [6.45, 7) is 3.85. The van der Waals surface area contributed by atoms with Crippen LogP contribution < -0.4 is 5.32 Å². The number of phenols is 2. The molecule has 1 aliphatic carbocycles. The molecule has 1 aromatic carbocycles. The maximum atomic E-state index is 9.67. The predicted octanol–water partition coefficient (Wildman–Crippen LogP) is 2.77. The molecule has 1 saturated carbocycles. The molecule has 17 heavy (non-hydrogen) atoms. The first kappa shape index (κ1) is 12.2. The second kappa shape index (κ2) is 4.96. The van der Waals surface area contributed by atoms with Crippen LogP contribution in [0.2, 0.25) is 0 Å². The fourth-order valence-electron chi connectivity index (χ4n) is 2.51. The summed E-state index contributed by atoms with van der Waals surface area (Å²) in [5.74, 6) is -0.0442. The molecule has 0 bridgehead atoms. The number of hydrogen-bond donors (Lipinski definition) is 3. The van der Waals surface area contributed by atoms with Crippen molar-refractivity contribution >= 4 is 0 Å². The lowest BCUT2D eigenvalue weighted by atomic mass is 9.67. The third-order valence-electron chi connectivity index (χ3n) is 4.08. The summed E-state index contributed by atoms with van der Waals surface area (Å²) in [4.78, 5) is 0. The van der Waals surface area contributed by atoms with E-state index >= 15 is 0 Å². The van der Waals surface area contributed by atoms with Gasteiger partial charge in [-0.3, -0.25) is 0 Å². The van der Waals surface area contributed by atoms with Crippen molar-refractivity contribution in [2.45, 2.75) is 39.2 Å². The smallest absolute Gasteiger partial charge is 0.161 e. The maximum Gasteiger partial charge on any atom is 0.161 e. The van der Waals surface area contributed by atoms with Gasteiger partial charge in [0.1, 0.15) is 0 Å². The van der Waals surface area contributed by atoms with Gasteiger partial charge in [-0.25, -0.2) is 0 Å². The van der Waals surface area contributed by atoms with Gasteiger partial charge in [-0.15, -0.1) is 0 Å². The normalized spacial score (nSPS) is 17.7. The van der Waals surface area contributed by atoms with Crippen LogP contribution in [-0.4, -0.2) is 16.8 Å². The number of rotatable bonds is 5. The van der Waals surface area contributed by atoms with Crippen molar-refractivity contribution in [2.75, 3.05) is 6.54 Å². The Bertz CT molecular complexity index is 380.